The Balaban J connectivity index is 2.74. The number of carbonyl (C=O) groups is 1. The highest BCUT2D eigenvalue weighted by Crippen LogP contribution is 2.29. The zero-order valence-corrected chi connectivity index (χ0v) is 11.0. The number of benzene rings is 1. The molecular weight excluding hydrogens is 277 g/mol. The van der Waals surface area contributed by atoms with Crippen molar-refractivity contribution in [2.45, 2.75) is 6.36 Å². The molecule has 2 amide bonds. The third-order valence-corrected chi connectivity index (χ3v) is 2.33. The molecule has 0 saturated carbocycles. The van der Waals surface area contributed by atoms with Crippen molar-refractivity contribution in [3.63, 3.8) is 0 Å². The fourth-order valence-corrected chi connectivity index (χ4v) is 1.32. The Morgan fingerprint density at radius 2 is 2.00 bits per heavy atom. The van der Waals surface area contributed by atoms with E-state index in [4.69, 9.17) is 4.74 Å². The van der Waals surface area contributed by atoms with Gasteiger partial charge in [0, 0.05) is 20.7 Å². The molecule has 0 bridgehead atoms. The van der Waals surface area contributed by atoms with Crippen molar-refractivity contribution in [3.05, 3.63) is 24.3 Å². The van der Waals surface area contributed by atoms with E-state index in [2.05, 4.69) is 10.1 Å². The summed E-state index contributed by atoms with van der Waals surface area (Å²) < 4.78 is 45.3. The molecule has 0 fully saturated rings. The second kappa shape index (κ2) is 6.99. The second-order valence-corrected chi connectivity index (χ2v) is 3.89. The predicted molar refractivity (Wildman–Crippen MR) is 66.6 cm³/mol. The van der Waals surface area contributed by atoms with Gasteiger partial charge >= 0.3 is 12.4 Å². The lowest BCUT2D eigenvalue weighted by Gasteiger charge is -2.19. The molecule has 1 N–H and O–H groups in total. The van der Waals surface area contributed by atoms with Crippen LogP contribution < -0.4 is 10.1 Å². The number of anilines is 1. The number of urea groups is 1. The van der Waals surface area contributed by atoms with Crippen LogP contribution in [0.4, 0.5) is 23.7 Å². The van der Waals surface area contributed by atoms with Crippen LogP contribution in [-0.4, -0.2) is 44.6 Å². The summed E-state index contributed by atoms with van der Waals surface area (Å²) in [4.78, 5) is 13.0. The Labute approximate surface area is 114 Å². The van der Waals surface area contributed by atoms with Gasteiger partial charge in [0.05, 0.1) is 12.3 Å². The fourth-order valence-electron chi connectivity index (χ4n) is 1.32. The smallest absolute Gasteiger partial charge is 0.404 e. The van der Waals surface area contributed by atoms with Crippen molar-refractivity contribution in [3.8, 4) is 5.75 Å². The van der Waals surface area contributed by atoms with Gasteiger partial charge in [-0.3, -0.25) is 0 Å². The summed E-state index contributed by atoms with van der Waals surface area (Å²) in [5, 5.41) is 2.35. The van der Waals surface area contributed by atoms with Gasteiger partial charge in [-0.1, -0.05) is 12.1 Å². The van der Waals surface area contributed by atoms with Crippen molar-refractivity contribution in [2.75, 3.05) is 32.6 Å². The molecule has 5 nitrogen and oxygen atoms in total. The highest BCUT2D eigenvalue weighted by atomic mass is 19.4. The lowest BCUT2D eigenvalue weighted by Crippen LogP contribution is -2.34. The number of alkyl halides is 3. The first-order chi connectivity index (χ1) is 9.33. The van der Waals surface area contributed by atoms with Gasteiger partial charge in [-0.15, -0.1) is 13.2 Å². The number of hydrogen-bond donors (Lipinski definition) is 1. The van der Waals surface area contributed by atoms with E-state index in [-0.39, 0.29) is 5.69 Å². The standard InChI is InChI=1S/C12H15F3N2O3/c1-17(7-8-19-2)11(18)16-9-5-3-4-6-10(9)20-12(13,14)15/h3-6H,7-8H2,1-2H3,(H,16,18). The largest absolute Gasteiger partial charge is 0.573 e. The highest BCUT2D eigenvalue weighted by Gasteiger charge is 2.32. The molecule has 0 unspecified atom stereocenters. The van der Waals surface area contributed by atoms with Crippen LogP contribution in [0.2, 0.25) is 0 Å². The maximum Gasteiger partial charge on any atom is 0.573 e. The Bertz CT molecular complexity index is 452. The Morgan fingerprint density at radius 3 is 2.60 bits per heavy atom. The lowest BCUT2D eigenvalue weighted by atomic mass is 10.3. The molecule has 0 heterocycles. The second-order valence-electron chi connectivity index (χ2n) is 3.89. The van der Waals surface area contributed by atoms with Crippen molar-refractivity contribution >= 4 is 11.7 Å². The monoisotopic (exact) mass is 292 g/mol. The molecule has 1 aromatic rings. The summed E-state index contributed by atoms with van der Waals surface area (Å²) >= 11 is 0. The number of para-hydroxylation sites is 2. The molecule has 1 rings (SSSR count). The van der Waals surface area contributed by atoms with E-state index in [1.165, 1.54) is 37.3 Å². The molecule has 0 radical (unpaired) electrons. The van der Waals surface area contributed by atoms with E-state index >= 15 is 0 Å². The molecule has 20 heavy (non-hydrogen) atoms. The van der Waals surface area contributed by atoms with E-state index in [1.54, 1.807) is 0 Å². The quantitative estimate of drug-likeness (QED) is 0.907. The van der Waals surface area contributed by atoms with E-state index < -0.39 is 18.1 Å². The molecule has 0 aliphatic carbocycles. The summed E-state index contributed by atoms with van der Waals surface area (Å²) in [6.45, 7) is 0.634. The molecule has 1 aromatic carbocycles. The molecule has 0 aliphatic heterocycles. The van der Waals surface area contributed by atoms with Crippen LogP contribution in [0.3, 0.4) is 0 Å². The average molecular weight is 292 g/mol. The molecule has 112 valence electrons. The minimum Gasteiger partial charge on any atom is -0.404 e. The van der Waals surface area contributed by atoms with Gasteiger partial charge in [0.2, 0.25) is 0 Å². The SMILES string of the molecule is COCCN(C)C(=O)Nc1ccccc1OC(F)(F)F. The molecule has 0 aromatic heterocycles. The summed E-state index contributed by atoms with van der Waals surface area (Å²) in [6.07, 6.45) is -4.82. The van der Waals surface area contributed by atoms with Crippen LogP contribution in [0.5, 0.6) is 5.75 Å². The third-order valence-electron chi connectivity index (χ3n) is 2.33. The maximum absolute atomic E-state index is 12.2. The van der Waals surface area contributed by atoms with E-state index in [0.29, 0.717) is 13.2 Å². The van der Waals surface area contributed by atoms with Gasteiger partial charge in [0.1, 0.15) is 0 Å². The number of hydrogen-bond acceptors (Lipinski definition) is 3. The summed E-state index contributed by atoms with van der Waals surface area (Å²) in [7, 11) is 2.99. The first-order valence-corrected chi connectivity index (χ1v) is 5.69. The normalized spacial score (nSPS) is 11.1. The zero-order valence-electron chi connectivity index (χ0n) is 11.0. The average Bonchev–Trinajstić information content (AvgIpc) is 2.36. The number of ether oxygens (including phenoxy) is 2. The maximum atomic E-state index is 12.2. The van der Waals surface area contributed by atoms with Gasteiger partial charge in [-0.2, -0.15) is 0 Å². The van der Waals surface area contributed by atoms with Crippen molar-refractivity contribution in [2.24, 2.45) is 0 Å². The topological polar surface area (TPSA) is 50.8 Å². The molecule has 0 aliphatic rings. The van der Waals surface area contributed by atoms with Gasteiger partial charge in [0.25, 0.3) is 0 Å². The molecular formula is C12H15F3N2O3. The number of rotatable bonds is 5. The molecule has 0 atom stereocenters. The van der Waals surface area contributed by atoms with Gasteiger partial charge in [-0.05, 0) is 12.1 Å². The number of likely N-dealkylation sites (N-methyl/N-ethyl adjacent to an activating group) is 1. The highest BCUT2D eigenvalue weighted by molar-refractivity contribution is 5.90. The summed E-state index contributed by atoms with van der Waals surface area (Å²) in [6, 6.07) is 4.76. The van der Waals surface area contributed by atoms with E-state index in [0.717, 1.165) is 6.07 Å². The molecule has 8 heteroatoms. The summed E-state index contributed by atoms with van der Waals surface area (Å²) in [5.74, 6) is -0.464. The first kappa shape index (κ1) is 16.1. The van der Waals surface area contributed by atoms with E-state index in [9.17, 15) is 18.0 Å². The van der Waals surface area contributed by atoms with Crippen LogP contribution >= 0.6 is 0 Å². The van der Waals surface area contributed by atoms with Crippen molar-refractivity contribution in [1.82, 2.24) is 4.90 Å². The molecule has 0 spiro atoms. The Morgan fingerprint density at radius 1 is 1.35 bits per heavy atom. The number of halogens is 3. The number of amides is 2. The van der Waals surface area contributed by atoms with E-state index in [1.807, 2.05) is 0 Å². The number of nitrogens with one attached hydrogen (secondary N) is 1. The fraction of sp³-hybridized carbons (Fsp3) is 0.417. The Kier molecular flexibility index (Phi) is 5.63. The van der Waals surface area contributed by atoms with Crippen LogP contribution in [-0.2, 0) is 4.74 Å². The van der Waals surface area contributed by atoms with Crippen molar-refractivity contribution < 1.29 is 27.4 Å². The number of carbonyl (C=O) groups excluding carboxylic acids is 1. The van der Waals surface area contributed by atoms with Crippen LogP contribution in [0.1, 0.15) is 0 Å². The third kappa shape index (κ3) is 5.35. The van der Waals surface area contributed by atoms with Crippen molar-refractivity contribution in [1.29, 1.82) is 0 Å². The molecule has 0 saturated heterocycles. The predicted octanol–water partition coefficient (Wildman–Crippen LogP) is 2.70. The van der Waals surface area contributed by atoms with Crippen LogP contribution in [0.25, 0.3) is 0 Å². The number of methoxy groups -OCH3 is 1. The lowest BCUT2D eigenvalue weighted by molar-refractivity contribution is -0.274. The van der Waals surface area contributed by atoms with Crippen LogP contribution in [0, 0.1) is 0 Å². The Hall–Kier alpha value is -1.96. The zero-order chi connectivity index (χ0) is 15.2. The van der Waals surface area contributed by atoms with Crippen LogP contribution in [0.15, 0.2) is 24.3 Å². The summed E-state index contributed by atoms with van der Waals surface area (Å²) in [5.41, 5.74) is -0.0564. The van der Waals surface area contributed by atoms with Gasteiger partial charge in [-0.25, -0.2) is 4.79 Å². The van der Waals surface area contributed by atoms with Gasteiger partial charge in [0.15, 0.2) is 5.75 Å². The minimum atomic E-state index is -4.82. The first-order valence-electron chi connectivity index (χ1n) is 5.69. The number of nitrogens with zero attached hydrogens (tertiary/aromatic N) is 1. The minimum absolute atomic E-state index is 0.0564. The van der Waals surface area contributed by atoms with Gasteiger partial charge < -0.3 is 19.7 Å².